The maximum absolute atomic E-state index is 11.6. The first kappa shape index (κ1) is 13.9. The normalized spacial score (nSPS) is 14.4. The second kappa shape index (κ2) is 7.21. The van der Waals surface area contributed by atoms with Gasteiger partial charge in [-0.05, 0) is 20.9 Å². The molecule has 0 aliphatic heterocycles. The molecule has 0 bridgehead atoms. The molecule has 2 atom stereocenters. The quantitative estimate of drug-likeness (QED) is 0.630. The van der Waals surface area contributed by atoms with E-state index in [1.165, 1.54) is 0 Å². The number of carbonyl (C=O) groups is 1. The minimum atomic E-state index is -0.309. The van der Waals surface area contributed by atoms with Crippen LogP contribution in [0.2, 0.25) is 0 Å². The molecule has 0 heterocycles. The van der Waals surface area contributed by atoms with Gasteiger partial charge in [-0.1, -0.05) is 0 Å². The van der Waals surface area contributed by atoms with E-state index >= 15 is 0 Å². The van der Waals surface area contributed by atoms with Crippen LogP contribution in [0.3, 0.4) is 0 Å². The molecule has 0 aliphatic rings. The van der Waals surface area contributed by atoms with Crippen LogP contribution in [0.25, 0.3) is 0 Å². The number of ether oxygens (including phenoxy) is 1. The van der Waals surface area contributed by atoms with Gasteiger partial charge in [0, 0.05) is 13.7 Å². The summed E-state index contributed by atoms with van der Waals surface area (Å²) in [5, 5.41) is 11.4. The zero-order chi connectivity index (χ0) is 11.8. The Hall–Kier alpha value is -1.12. The Labute approximate surface area is 91.0 Å². The van der Waals surface area contributed by atoms with Crippen molar-refractivity contribution in [3.8, 4) is 6.07 Å². The van der Waals surface area contributed by atoms with E-state index in [9.17, 15) is 4.79 Å². The molecule has 1 N–H and O–H groups in total. The lowest BCUT2D eigenvalue weighted by Crippen LogP contribution is -2.47. The van der Waals surface area contributed by atoms with Gasteiger partial charge in [-0.15, -0.1) is 0 Å². The number of nitriles is 1. The van der Waals surface area contributed by atoms with Gasteiger partial charge in [-0.25, -0.2) is 0 Å². The van der Waals surface area contributed by atoms with Crippen molar-refractivity contribution in [3.63, 3.8) is 0 Å². The lowest BCUT2D eigenvalue weighted by molar-refractivity contribution is -0.125. The van der Waals surface area contributed by atoms with Gasteiger partial charge in [-0.2, -0.15) is 5.26 Å². The number of carbonyl (C=O) groups excluding carboxylic acids is 1. The van der Waals surface area contributed by atoms with Crippen molar-refractivity contribution >= 4 is 5.91 Å². The summed E-state index contributed by atoms with van der Waals surface area (Å²) >= 11 is 0. The third kappa shape index (κ3) is 4.77. The van der Waals surface area contributed by atoms with Gasteiger partial charge in [0.05, 0.1) is 24.8 Å². The first-order valence-electron chi connectivity index (χ1n) is 4.92. The van der Waals surface area contributed by atoms with Crippen molar-refractivity contribution in [2.75, 3.05) is 27.3 Å². The summed E-state index contributed by atoms with van der Waals surface area (Å²) in [4.78, 5) is 13.3. The van der Waals surface area contributed by atoms with Crippen molar-refractivity contribution in [1.82, 2.24) is 10.2 Å². The predicted octanol–water partition coefficient (Wildman–Crippen LogP) is -0.0186. The summed E-state index contributed by atoms with van der Waals surface area (Å²) in [6, 6.07) is 1.51. The molecule has 15 heavy (non-hydrogen) atoms. The van der Waals surface area contributed by atoms with Gasteiger partial charge in [0.1, 0.15) is 0 Å². The van der Waals surface area contributed by atoms with E-state index < -0.39 is 0 Å². The van der Waals surface area contributed by atoms with Crippen LogP contribution in [-0.2, 0) is 9.53 Å². The van der Waals surface area contributed by atoms with Crippen molar-refractivity contribution in [2.24, 2.45) is 0 Å². The van der Waals surface area contributed by atoms with E-state index in [1.54, 1.807) is 32.9 Å². The molecule has 0 aromatic rings. The largest absolute Gasteiger partial charge is 0.383 e. The van der Waals surface area contributed by atoms with Crippen molar-refractivity contribution in [2.45, 2.75) is 25.9 Å². The number of hydrogen-bond donors (Lipinski definition) is 1. The van der Waals surface area contributed by atoms with Crippen LogP contribution < -0.4 is 5.32 Å². The molecule has 0 aliphatic carbocycles. The van der Waals surface area contributed by atoms with Gasteiger partial charge in [0.15, 0.2) is 0 Å². The van der Waals surface area contributed by atoms with E-state index in [4.69, 9.17) is 10.00 Å². The lowest BCUT2D eigenvalue weighted by atomic mass is 10.2. The second-order valence-corrected chi connectivity index (χ2v) is 3.43. The molecule has 2 unspecified atom stereocenters. The minimum absolute atomic E-state index is 0.0864. The van der Waals surface area contributed by atoms with Crippen LogP contribution in [0.4, 0.5) is 0 Å². The summed E-state index contributed by atoms with van der Waals surface area (Å²) in [5.41, 5.74) is 0. The predicted molar refractivity (Wildman–Crippen MR) is 57.2 cm³/mol. The Balaban J connectivity index is 4.03. The molecule has 0 fully saturated rings. The zero-order valence-electron chi connectivity index (χ0n) is 9.78. The van der Waals surface area contributed by atoms with Crippen LogP contribution in [-0.4, -0.2) is 50.2 Å². The molecule has 5 heteroatoms. The fraction of sp³-hybridized carbons (Fsp3) is 0.800. The fourth-order valence-electron chi connectivity index (χ4n) is 1.04. The molecule has 0 saturated carbocycles. The molecule has 0 spiro atoms. The highest BCUT2D eigenvalue weighted by molar-refractivity contribution is 5.81. The maximum Gasteiger partial charge on any atom is 0.237 e. The second-order valence-electron chi connectivity index (χ2n) is 3.43. The topological polar surface area (TPSA) is 65.4 Å². The highest BCUT2D eigenvalue weighted by Crippen LogP contribution is 2.01. The standard InChI is InChI=1S/C10H19N3O2/c1-8(7-11)13(3)9(2)10(14)12-5-6-15-4/h8-9H,5-6H2,1-4H3,(H,12,14). The third-order valence-corrected chi connectivity index (χ3v) is 2.39. The number of nitrogens with zero attached hydrogens (tertiary/aromatic N) is 2. The number of likely N-dealkylation sites (N-methyl/N-ethyl adjacent to an activating group) is 1. The van der Waals surface area contributed by atoms with Crippen LogP contribution in [0.15, 0.2) is 0 Å². The molecule has 1 amide bonds. The fourth-order valence-corrected chi connectivity index (χ4v) is 1.04. The first-order chi connectivity index (χ1) is 7.04. The maximum atomic E-state index is 11.6. The average Bonchev–Trinajstić information content (AvgIpc) is 2.26. The Bertz CT molecular complexity index is 237. The smallest absolute Gasteiger partial charge is 0.237 e. The molecular formula is C10H19N3O2. The van der Waals surface area contributed by atoms with Gasteiger partial charge in [-0.3, -0.25) is 9.69 Å². The summed E-state index contributed by atoms with van der Waals surface area (Å²) < 4.78 is 4.82. The third-order valence-electron chi connectivity index (χ3n) is 2.39. The van der Waals surface area contributed by atoms with E-state index in [2.05, 4.69) is 11.4 Å². The zero-order valence-corrected chi connectivity index (χ0v) is 9.78. The molecular weight excluding hydrogens is 194 g/mol. The van der Waals surface area contributed by atoms with Gasteiger partial charge in [0.25, 0.3) is 0 Å². The molecule has 0 aromatic heterocycles. The van der Waals surface area contributed by atoms with Crippen molar-refractivity contribution in [1.29, 1.82) is 5.26 Å². The summed E-state index contributed by atoms with van der Waals surface area (Å²) in [7, 11) is 3.34. The Kier molecular flexibility index (Phi) is 6.67. The van der Waals surface area contributed by atoms with Crippen molar-refractivity contribution in [3.05, 3.63) is 0 Å². The number of hydrogen-bond acceptors (Lipinski definition) is 4. The first-order valence-corrected chi connectivity index (χ1v) is 4.92. The monoisotopic (exact) mass is 213 g/mol. The van der Waals surface area contributed by atoms with Gasteiger partial charge < -0.3 is 10.1 Å². The number of amides is 1. The van der Waals surface area contributed by atoms with E-state index in [0.29, 0.717) is 13.2 Å². The van der Waals surface area contributed by atoms with E-state index in [0.717, 1.165) is 0 Å². The number of nitrogens with one attached hydrogen (secondary N) is 1. The van der Waals surface area contributed by atoms with Crippen LogP contribution in [0.5, 0.6) is 0 Å². The number of methoxy groups -OCH3 is 1. The SMILES string of the molecule is COCCNC(=O)C(C)N(C)C(C)C#N. The molecule has 0 saturated heterocycles. The molecule has 86 valence electrons. The van der Waals surface area contributed by atoms with Crippen molar-refractivity contribution < 1.29 is 9.53 Å². The Morgan fingerprint density at radius 1 is 1.60 bits per heavy atom. The minimum Gasteiger partial charge on any atom is -0.383 e. The van der Waals surface area contributed by atoms with E-state index in [1.807, 2.05) is 0 Å². The van der Waals surface area contributed by atoms with E-state index in [-0.39, 0.29) is 18.0 Å². The number of rotatable bonds is 6. The molecule has 0 rings (SSSR count). The molecule has 0 aromatic carbocycles. The highest BCUT2D eigenvalue weighted by Gasteiger charge is 2.21. The van der Waals surface area contributed by atoms with Gasteiger partial charge in [0.2, 0.25) is 5.91 Å². The van der Waals surface area contributed by atoms with Gasteiger partial charge >= 0.3 is 0 Å². The Morgan fingerprint density at radius 3 is 2.67 bits per heavy atom. The highest BCUT2D eigenvalue weighted by atomic mass is 16.5. The lowest BCUT2D eigenvalue weighted by Gasteiger charge is -2.25. The molecule has 5 nitrogen and oxygen atoms in total. The van der Waals surface area contributed by atoms with Crippen LogP contribution in [0, 0.1) is 11.3 Å². The summed E-state index contributed by atoms with van der Waals surface area (Å²) in [6.07, 6.45) is 0. The van der Waals surface area contributed by atoms with Crippen LogP contribution >= 0.6 is 0 Å². The molecule has 0 radical (unpaired) electrons. The Morgan fingerprint density at radius 2 is 2.20 bits per heavy atom. The average molecular weight is 213 g/mol. The summed E-state index contributed by atoms with van der Waals surface area (Å²) in [6.45, 7) is 4.53. The van der Waals surface area contributed by atoms with Crippen LogP contribution in [0.1, 0.15) is 13.8 Å². The summed E-state index contributed by atoms with van der Waals surface area (Å²) in [5.74, 6) is -0.0864.